The Bertz CT molecular complexity index is 1000. The molecule has 0 spiro atoms. The first-order chi connectivity index (χ1) is 16.4. The van der Waals surface area contributed by atoms with Gasteiger partial charge in [-0.05, 0) is 80.0 Å². The highest BCUT2D eigenvalue weighted by Gasteiger charge is 2.53. The molecule has 1 saturated heterocycles. The lowest BCUT2D eigenvalue weighted by Gasteiger charge is -2.59. The number of hydrogen-bond donors (Lipinski definition) is 2. The van der Waals surface area contributed by atoms with E-state index in [2.05, 4.69) is 63.7 Å². The molecule has 0 radical (unpaired) electrons. The average molecular weight is 481 g/mol. The van der Waals surface area contributed by atoms with Crippen LogP contribution in [0.25, 0.3) is 0 Å². The molecule has 4 aliphatic carbocycles. The number of hydrogen-bond acceptors (Lipinski definition) is 6. The van der Waals surface area contributed by atoms with E-state index in [0.29, 0.717) is 22.4 Å². The average Bonchev–Trinajstić information content (AvgIpc) is 2.80. The molecule has 2 unspecified atom stereocenters. The van der Waals surface area contributed by atoms with Gasteiger partial charge in [-0.15, -0.1) is 0 Å². The van der Waals surface area contributed by atoms with E-state index in [0.717, 1.165) is 62.0 Å². The van der Waals surface area contributed by atoms with Crippen LogP contribution < -0.4 is 10.6 Å². The van der Waals surface area contributed by atoms with Gasteiger partial charge >= 0.3 is 0 Å². The molecule has 34 heavy (non-hydrogen) atoms. The SMILES string of the molecule is CN1CCN(Cc2ccc(Nc3ncc(Cl)c(NC4C5CC6CC4CC(C)(C6)C5)n3)cc2)CC1. The summed E-state index contributed by atoms with van der Waals surface area (Å²) in [5, 5.41) is 7.74. The highest BCUT2D eigenvalue weighted by Crippen LogP contribution is 2.60. The van der Waals surface area contributed by atoms with Gasteiger partial charge in [-0.25, -0.2) is 4.98 Å². The number of nitrogens with one attached hydrogen (secondary N) is 2. The lowest BCUT2D eigenvalue weighted by Crippen LogP contribution is -2.55. The van der Waals surface area contributed by atoms with E-state index in [1.165, 1.54) is 37.7 Å². The molecule has 0 amide bonds. The Morgan fingerprint density at radius 3 is 2.41 bits per heavy atom. The second kappa shape index (κ2) is 8.96. The van der Waals surface area contributed by atoms with E-state index in [-0.39, 0.29) is 0 Å². The maximum atomic E-state index is 6.54. The molecule has 5 fully saturated rings. The Balaban J connectivity index is 1.10. The van der Waals surface area contributed by atoms with Crippen LogP contribution in [0.2, 0.25) is 5.02 Å². The first-order valence-electron chi connectivity index (χ1n) is 13.0. The minimum absolute atomic E-state index is 0.485. The predicted octanol–water partition coefficient (Wildman–Crippen LogP) is 5.25. The highest BCUT2D eigenvalue weighted by molar-refractivity contribution is 6.32. The van der Waals surface area contributed by atoms with Crippen LogP contribution in [0.3, 0.4) is 0 Å². The van der Waals surface area contributed by atoms with Crippen molar-refractivity contribution in [2.75, 3.05) is 43.9 Å². The summed E-state index contributed by atoms with van der Waals surface area (Å²) in [6.07, 6.45) is 8.55. The molecule has 2 heterocycles. The van der Waals surface area contributed by atoms with Gasteiger partial charge in [-0.2, -0.15) is 4.98 Å². The number of anilines is 3. The molecule has 2 aromatic rings. The van der Waals surface area contributed by atoms with Gasteiger partial charge in [0.15, 0.2) is 5.82 Å². The van der Waals surface area contributed by atoms with Crippen molar-refractivity contribution in [1.82, 2.24) is 19.8 Å². The summed E-state index contributed by atoms with van der Waals surface area (Å²) < 4.78 is 0. The van der Waals surface area contributed by atoms with Crippen LogP contribution >= 0.6 is 11.6 Å². The van der Waals surface area contributed by atoms with E-state index in [1.807, 2.05) is 0 Å². The Morgan fingerprint density at radius 1 is 1.03 bits per heavy atom. The summed E-state index contributed by atoms with van der Waals surface area (Å²) in [6.45, 7) is 8.06. The Hall–Kier alpha value is -1.89. The summed E-state index contributed by atoms with van der Waals surface area (Å²) in [5.41, 5.74) is 2.90. The van der Waals surface area contributed by atoms with Crippen LogP contribution in [0.4, 0.5) is 17.5 Å². The summed E-state index contributed by atoms with van der Waals surface area (Å²) >= 11 is 6.54. The second-order valence-corrected chi connectivity index (χ2v) is 12.1. The fourth-order valence-electron chi connectivity index (χ4n) is 7.44. The fraction of sp³-hybridized carbons (Fsp3) is 0.630. The molecule has 1 aromatic carbocycles. The number of aromatic nitrogens is 2. The van der Waals surface area contributed by atoms with Gasteiger partial charge in [0.1, 0.15) is 5.02 Å². The van der Waals surface area contributed by atoms with Gasteiger partial charge in [0.05, 0.1) is 6.20 Å². The van der Waals surface area contributed by atoms with Crippen LogP contribution in [0.1, 0.15) is 44.6 Å². The zero-order valence-electron chi connectivity index (χ0n) is 20.4. The van der Waals surface area contributed by atoms with Crippen LogP contribution in [0.5, 0.6) is 0 Å². The summed E-state index contributed by atoms with van der Waals surface area (Å²) in [6, 6.07) is 9.12. The minimum Gasteiger partial charge on any atom is -0.365 e. The van der Waals surface area contributed by atoms with Crippen molar-refractivity contribution in [3.8, 4) is 0 Å². The van der Waals surface area contributed by atoms with Crippen molar-refractivity contribution in [2.24, 2.45) is 23.2 Å². The summed E-state index contributed by atoms with van der Waals surface area (Å²) in [7, 11) is 2.20. The van der Waals surface area contributed by atoms with Gasteiger partial charge in [0.25, 0.3) is 0 Å². The molecule has 7 rings (SSSR count). The van der Waals surface area contributed by atoms with Gasteiger partial charge in [-0.3, -0.25) is 4.90 Å². The zero-order valence-corrected chi connectivity index (χ0v) is 21.2. The Morgan fingerprint density at radius 2 is 1.74 bits per heavy atom. The number of halogens is 1. The quantitative estimate of drug-likeness (QED) is 0.589. The number of rotatable bonds is 6. The standard InChI is InChI=1S/C27H37ClN6/c1-27-13-19-11-20(14-27)24(21(12-19)15-27)31-25-23(28)16-29-26(32-25)30-22-5-3-18(4-6-22)17-34-9-7-33(2)8-10-34/h3-6,16,19-21,24H,7-15,17H2,1-2H3,(H2,29,30,31,32). The summed E-state index contributed by atoms with van der Waals surface area (Å²) in [4.78, 5) is 14.1. The Labute approximate surface area is 208 Å². The zero-order chi connectivity index (χ0) is 23.3. The van der Waals surface area contributed by atoms with Crippen LogP contribution in [-0.2, 0) is 6.54 Å². The molecule has 4 saturated carbocycles. The monoisotopic (exact) mass is 480 g/mol. The van der Waals surface area contributed by atoms with E-state index >= 15 is 0 Å². The maximum Gasteiger partial charge on any atom is 0.229 e. The van der Waals surface area contributed by atoms with Crippen LogP contribution in [0, 0.1) is 23.2 Å². The number of benzene rings is 1. The van der Waals surface area contributed by atoms with E-state index < -0.39 is 0 Å². The lowest BCUT2D eigenvalue weighted by molar-refractivity contribution is -0.0505. The predicted molar refractivity (Wildman–Crippen MR) is 139 cm³/mol. The van der Waals surface area contributed by atoms with Crippen molar-refractivity contribution in [3.05, 3.63) is 41.0 Å². The first kappa shape index (κ1) is 22.6. The van der Waals surface area contributed by atoms with Gasteiger partial charge in [-0.1, -0.05) is 30.7 Å². The van der Waals surface area contributed by atoms with E-state index in [1.54, 1.807) is 6.20 Å². The van der Waals surface area contributed by atoms with Gasteiger partial charge in [0, 0.05) is 44.5 Å². The lowest BCUT2D eigenvalue weighted by atomic mass is 9.48. The first-order valence-corrected chi connectivity index (χ1v) is 13.4. The van der Waals surface area contributed by atoms with Crippen molar-refractivity contribution >= 4 is 29.1 Å². The van der Waals surface area contributed by atoms with Crippen molar-refractivity contribution < 1.29 is 0 Å². The molecule has 2 atom stereocenters. The smallest absolute Gasteiger partial charge is 0.229 e. The molecular weight excluding hydrogens is 444 g/mol. The Kier molecular flexibility index (Phi) is 5.95. The van der Waals surface area contributed by atoms with Gasteiger partial charge < -0.3 is 15.5 Å². The summed E-state index contributed by atoms with van der Waals surface area (Å²) in [5.74, 6) is 3.78. The van der Waals surface area contributed by atoms with Crippen molar-refractivity contribution in [1.29, 1.82) is 0 Å². The third kappa shape index (κ3) is 4.65. The van der Waals surface area contributed by atoms with Crippen LogP contribution in [0.15, 0.2) is 30.5 Å². The van der Waals surface area contributed by atoms with Gasteiger partial charge in [0.2, 0.25) is 5.95 Å². The van der Waals surface area contributed by atoms with E-state index in [4.69, 9.17) is 16.6 Å². The topological polar surface area (TPSA) is 56.3 Å². The molecule has 4 bridgehead atoms. The molecule has 2 N–H and O–H groups in total. The molecular formula is C27H37ClN6. The molecule has 7 heteroatoms. The number of likely N-dealkylation sites (N-methyl/N-ethyl adjacent to an activating group) is 1. The minimum atomic E-state index is 0.485. The van der Waals surface area contributed by atoms with Crippen molar-refractivity contribution in [3.63, 3.8) is 0 Å². The molecule has 1 aliphatic heterocycles. The maximum absolute atomic E-state index is 6.54. The van der Waals surface area contributed by atoms with Crippen LogP contribution in [-0.4, -0.2) is 59.0 Å². The number of nitrogens with zero attached hydrogens (tertiary/aromatic N) is 4. The third-order valence-electron chi connectivity index (χ3n) is 8.84. The fourth-order valence-corrected chi connectivity index (χ4v) is 7.59. The second-order valence-electron chi connectivity index (χ2n) is 11.7. The number of piperazine rings is 1. The highest BCUT2D eigenvalue weighted by atomic mass is 35.5. The van der Waals surface area contributed by atoms with Crippen molar-refractivity contribution in [2.45, 2.75) is 51.6 Å². The normalized spacial score (nSPS) is 33.3. The third-order valence-corrected chi connectivity index (χ3v) is 9.12. The largest absolute Gasteiger partial charge is 0.365 e. The molecule has 182 valence electrons. The molecule has 1 aromatic heterocycles. The van der Waals surface area contributed by atoms with E-state index in [9.17, 15) is 0 Å². The molecule has 6 nitrogen and oxygen atoms in total. The molecule has 5 aliphatic rings.